The van der Waals surface area contributed by atoms with Gasteiger partial charge in [0.1, 0.15) is 0 Å². The maximum atomic E-state index is 13.1. The van der Waals surface area contributed by atoms with Crippen molar-refractivity contribution in [3.05, 3.63) is 75.9 Å². The Balaban J connectivity index is 1.55. The molecule has 1 aliphatic rings. The highest BCUT2D eigenvalue weighted by Gasteiger charge is 2.24. The summed E-state index contributed by atoms with van der Waals surface area (Å²) in [5, 5.41) is 4.82. The molecule has 0 saturated carbocycles. The van der Waals surface area contributed by atoms with Crippen LogP contribution in [0.15, 0.2) is 48.5 Å². The van der Waals surface area contributed by atoms with Gasteiger partial charge < -0.3 is 10.1 Å². The highest BCUT2D eigenvalue weighted by Crippen LogP contribution is 2.24. The summed E-state index contributed by atoms with van der Waals surface area (Å²) in [5.74, 6) is -0.101. The molecule has 1 atom stereocenters. The molecule has 5 nitrogen and oxygen atoms in total. The van der Waals surface area contributed by atoms with Crippen molar-refractivity contribution in [2.75, 3.05) is 32.8 Å². The molecule has 0 bridgehead atoms. The average molecular weight is 424 g/mol. The number of nitrogens with one attached hydrogen (secondary N) is 1. The van der Waals surface area contributed by atoms with Gasteiger partial charge in [0.2, 0.25) is 0 Å². The van der Waals surface area contributed by atoms with Crippen LogP contribution in [0.4, 0.5) is 0 Å². The van der Waals surface area contributed by atoms with Crippen molar-refractivity contribution in [1.82, 2.24) is 15.2 Å². The van der Waals surface area contributed by atoms with Crippen LogP contribution in [-0.2, 0) is 4.74 Å². The summed E-state index contributed by atoms with van der Waals surface area (Å²) in [6.07, 6.45) is 0. The summed E-state index contributed by atoms with van der Waals surface area (Å²) in [6, 6.07) is 15.9. The molecular weight excluding hydrogens is 398 g/mol. The van der Waals surface area contributed by atoms with Crippen LogP contribution < -0.4 is 5.32 Å². The van der Waals surface area contributed by atoms with Gasteiger partial charge >= 0.3 is 0 Å². The van der Waals surface area contributed by atoms with E-state index in [4.69, 9.17) is 16.3 Å². The van der Waals surface area contributed by atoms with Gasteiger partial charge in [-0.15, -0.1) is 0 Å². The lowest BCUT2D eigenvalue weighted by Crippen LogP contribution is -2.43. The van der Waals surface area contributed by atoms with E-state index in [-0.39, 0.29) is 11.9 Å². The number of benzene rings is 2. The number of rotatable bonds is 5. The summed E-state index contributed by atoms with van der Waals surface area (Å²) in [7, 11) is 0. The number of amides is 1. The minimum atomic E-state index is -0.101. The number of ether oxygens (including phenoxy) is 1. The number of carbonyl (C=O) groups excluding carboxylic acids is 1. The predicted molar refractivity (Wildman–Crippen MR) is 120 cm³/mol. The summed E-state index contributed by atoms with van der Waals surface area (Å²) in [5.41, 5.74) is 4.53. The molecule has 4 rings (SSSR count). The highest BCUT2D eigenvalue weighted by molar-refractivity contribution is 6.30. The minimum absolute atomic E-state index is 0.0612. The standard InChI is InChI=1S/C24H26ClN3O2/c1-16-3-8-22-19(13-16)14-21(17(2)27-22)24(29)26-15-23(28-9-11-30-12-10-28)18-4-6-20(25)7-5-18/h3-8,13-14,23H,9-12,15H2,1-2H3,(H,26,29). The Morgan fingerprint density at radius 2 is 1.87 bits per heavy atom. The van der Waals surface area contributed by atoms with Crippen LogP contribution in [0.25, 0.3) is 10.9 Å². The van der Waals surface area contributed by atoms with Crippen molar-refractivity contribution in [2.24, 2.45) is 0 Å². The summed E-state index contributed by atoms with van der Waals surface area (Å²) in [6.45, 7) is 7.49. The number of nitrogens with zero attached hydrogens (tertiary/aromatic N) is 2. The minimum Gasteiger partial charge on any atom is -0.379 e. The lowest BCUT2D eigenvalue weighted by atomic mass is 10.0. The normalized spacial score (nSPS) is 15.8. The van der Waals surface area contributed by atoms with E-state index >= 15 is 0 Å². The van der Waals surface area contributed by atoms with Gasteiger partial charge in [0.15, 0.2) is 0 Å². The van der Waals surface area contributed by atoms with Gasteiger partial charge in [-0.2, -0.15) is 0 Å². The largest absolute Gasteiger partial charge is 0.379 e. The zero-order chi connectivity index (χ0) is 21.1. The Kier molecular flexibility index (Phi) is 6.32. The van der Waals surface area contributed by atoms with Crippen molar-refractivity contribution >= 4 is 28.4 Å². The number of fused-ring (bicyclic) bond motifs is 1. The summed E-state index contributed by atoms with van der Waals surface area (Å²) < 4.78 is 5.51. The Morgan fingerprint density at radius 3 is 2.60 bits per heavy atom. The first-order chi connectivity index (χ1) is 14.5. The number of hydrogen-bond acceptors (Lipinski definition) is 4. The van der Waals surface area contributed by atoms with E-state index in [0.717, 1.165) is 40.8 Å². The molecule has 30 heavy (non-hydrogen) atoms. The topological polar surface area (TPSA) is 54.5 Å². The van der Waals surface area contributed by atoms with E-state index < -0.39 is 0 Å². The molecule has 1 unspecified atom stereocenters. The molecule has 2 aromatic carbocycles. The molecule has 156 valence electrons. The molecule has 0 spiro atoms. The second kappa shape index (κ2) is 9.13. The Hall–Kier alpha value is -2.47. The highest BCUT2D eigenvalue weighted by atomic mass is 35.5. The van der Waals surface area contributed by atoms with Crippen LogP contribution in [0.3, 0.4) is 0 Å². The van der Waals surface area contributed by atoms with E-state index in [1.165, 1.54) is 0 Å². The maximum absolute atomic E-state index is 13.1. The molecule has 1 amide bonds. The number of hydrogen-bond donors (Lipinski definition) is 1. The molecule has 0 radical (unpaired) electrons. The van der Waals surface area contributed by atoms with Crippen LogP contribution in [0, 0.1) is 13.8 Å². The monoisotopic (exact) mass is 423 g/mol. The smallest absolute Gasteiger partial charge is 0.253 e. The van der Waals surface area contributed by atoms with Crippen LogP contribution >= 0.6 is 11.6 Å². The molecule has 1 saturated heterocycles. The van der Waals surface area contributed by atoms with Gasteiger partial charge in [0.05, 0.1) is 36.0 Å². The lowest BCUT2D eigenvalue weighted by molar-refractivity contribution is 0.0162. The van der Waals surface area contributed by atoms with E-state index in [0.29, 0.717) is 30.3 Å². The van der Waals surface area contributed by atoms with Gasteiger partial charge in [-0.3, -0.25) is 14.7 Å². The number of aromatic nitrogens is 1. The van der Waals surface area contributed by atoms with Crippen molar-refractivity contribution in [3.63, 3.8) is 0 Å². The van der Waals surface area contributed by atoms with Crippen molar-refractivity contribution < 1.29 is 9.53 Å². The SMILES string of the molecule is Cc1ccc2nc(C)c(C(=O)NCC(c3ccc(Cl)cc3)N3CCOCC3)cc2c1. The van der Waals surface area contributed by atoms with E-state index in [2.05, 4.69) is 21.3 Å². The fraction of sp³-hybridized carbons (Fsp3) is 0.333. The van der Waals surface area contributed by atoms with Crippen LogP contribution in [0.2, 0.25) is 5.02 Å². The second-order valence-corrected chi connectivity index (χ2v) is 8.18. The zero-order valence-electron chi connectivity index (χ0n) is 17.3. The summed E-state index contributed by atoms with van der Waals surface area (Å²) >= 11 is 6.08. The first kappa shape index (κ1) is 20.8. The molecule has 1 N–H and O–H groups in total. The molecule has 3 aromatic rings. The predicted octanol–water partition coefficient (Wildman–Crippen LogP) is 4.31. The molecule has 0 aliphatic carbocycles. The molecule has 1 fully saturated rings. The van der Waals surface area contributed by atoms with E-state index in [1.807, 2.05) is 56.3 Å². The maximum Gasteiger partial charge on any atom is 0.253 e. The van der Waals surface area contributed by atoms with Gasteiger partial charge in [-0.1, -0.05) is 35.4 Å². The molecule has 6 heteroatoms. The fourth-order valence-corrected chi connectivity index (χ4v) is 4.06. The van der Waals surface area contributed by atoms with Gasteiger partial charge in [-0.05, 0) is 49.7 Å². The van der Waals surface area contributed by atoms with Gasteiger partial charge in [0.25, 0.3) is 5.91 Å². The average Bonchev–Trinajstić information content (AvgIpc) is 2.75. The van der Waals surface area contributed by atoms with Crippen LogP contribution in [-0.4, -0.2) is 48.6 Å². The van der Waals surface area contributed by atoms with E-state index in [9.17, 15) is 4.79 Å². The zero-order valence-corrected chi connectivity index (χ0v) is 18.1. The first-order valence-corrected chi connectivity index (χ1v) is 10.6. The number of halogens is 1. The molecular formula is C24H26ClN3O2. The number of pyridine rings is 1. The van der Waals surface area contributed by atoms with Gasteiger partial charge in [-0.25, -0.2) is 0 Å². The summed E-state index contributed by atoms with van der Waals surface area (Å²) in [4.78, 5) is 20.0. The first-order valence-electron chi connectivity index (χ1n) is 10.2. The third kappa shape index (κ3) is 4.64. The third-order valence-corrected chi connectivity index (χ3v) is 5.85. The van der Waals surface area contributed by atoms with Crippen molar-refractivity contribution in [3.8, 4) is 0 Å². The quantitative estimate of drug-likeness (QED) is 0.664. The van der Waals surface area contributed by atoms with Crippen molar-refractivity contribution in [2.45, 2.75) is 19.9 Å². The number of carbonyl (C=O) groups is 1. The van der Waals surface area contributed by atoms with Crippen LogP contribution in [0.1, 0.15) is 33.2 Å². The molecule has 2 heterocycles. The second-order valence-electron chi connectivity index (χ2n) is 7.74. The number of aryl methyl sites for hydroxylation is 2. The molecule has 1 aromatic heterocycles. The van der Waals surface area contributed by atoms with Gasteiger partial charge in [0, 0.05) is 30.0 Å². The van der Waals surface area contributed by atoms with Crippen LogP contribution in [0.5, 0.6) is 0 Å². The Morgan fingerprint density at radius 1 is 1.13 bits per heavy atom. The Bertz CT molecular complexity index is 1050. The molecule has 1 aliphatic heterocycles. The van der Waals surface area contributed by atoms with Crippen molar-refractivity contribution in [1.29, 1.82) is 0 Å². The fourth-order valence-electron chi connectivity index (χ4n) is 3.94. The number of morpholine rings is 1. The lowest BCUT2D eigenvalue weighted by Gasteiger charge is -2.35. The Labute approximate surface area is 182 Å². The third-order valence-electron chi connectivity index (χ3n) is 5.60. The van der Waals surface area contributed by atoms with E-state index in [1.54, 1.807) is 0 Å².